The van der Waals surface area contributed by atoms with Gasteiger partial charge in [-0.3, -0.25) is 0 Å². The first-order chi connectivity index (χ1) is 13.5. The zero-order valence-corrected chi connectivity index (χ0v) is 15.8. The van der Waals surface area contributed by atoms with Crippen LogP contribution < -0.4 is 0 Å². The van der Waals surface area contributed by atoms with Gasteiger partial charge in [-0.05, 0) is 41.2 Å². The van der Waals surface area contributed by atoms with Crippen LogP contribution in [0.2, 0.25) is 0 Å². The van der Waals surface area contributed by atoms with Gasteiger partial charge in [0.05, 0.1) is 13.2 Å². The molecule has 5 atom stereocenters. The van der Waals surface area contributed by atoms with Crippen LogP contribution in [0.3, 0.4) is 0 Å². The molecule has 1 spiro atoms. The van der Waals surface area contributed by atoms with E-state index < -0.39 is 36.8 Å². The Kier molecular flexibility index (Phi) is 5.26. The molecule has 0 aliphatic carbocycles. The molecule has 2 aromatic carbocycles. The van der Waals surface area contributed by atoms with E-state index in [-0.39, 0.29) is 6.61 Å². The van der Waals surface area contributed by atoms with Crippen LogP contribution in [0, 0.1) is 0 Å². The summed E-state index contributed by atoms with van der Waals surface area (Å²) >= 11 is 0. The van der Waals surface area contributed by atoms with Crippen molar-refractivity contribution in [1.82, 2.24) is 0 Å². The van der Waals surface area contributed by atoms with Crippen LogP contribution in [0.5, 0.6) is 0 Å². The molecule has 0 bridgehead atoms. The molecule has 4 rings (SSSR count). The second kappa shape index (κ2) is 7.55. The largest absolute Gasteiger partial charge is 0.394 e. The van der Waals surface area contributed by atoms with Gasteiger partial charge in [-0.1, -0.05) is 43.3 Å². The van der Waals surface area contributed by atoms with E-state index in [2.05, 4.69) is 31.2 Å². The molecule has 0 unspecified atom stereocenters. The molecular formula is C22H26O6. The van der Waals surface area contributed by atoms with Crippen molar-refractivity contribution in [3.05, 3.63) is 70.3 Å². The van der Waals surface area contributed by atoms with Crippen molar-refractivity contribution in [3.8, 4) is 0 Å². The number of aliphatic hydroxyl groups is 4. The Labute approximate surface area is 164 Å². The minimum absolute atomic E-state index is 0.221. The lowest BCUT2D eigenvalue weighted by Gasteiger charge is -2.46. The lowest BCUT2D eigenvalue weighted by molar-refractivity contribution is -0.368. The van der Waals surface area contributed by atoms with Crippen LogP contribution >= 0.6 is 0 Å². The molecule has 2 aliphatic heterocycles. The average Bonchev–Trinajstić information content (AvgIpc) is 3.08. The first-order valence-electron chi connectivity index (χ1n) is 9.65. The van der Waals surface area contributed by atoms with Crippen molar-refractivity contribution in [1.29, 1.82) is 0 Å². The summed E-state index contributed by atoms with van der Waals surface area (Å²) in [6.45, 7) is 1.85. The lowest BCUT2D eigenvalue weighted by Crippen LogP contribution is -2.63. The molecule has 0 amide bonds. The summed E-state index contributed by atoms with van der Waals surface area (Å²) in [5, 5.41) is 40.5. The van der Waals surface area contributed by atoms with Crippen LogP contribution in [0.25, 0.3) is 0 Å². The van der Waals surface area contributed by atoms with E-state index in [4.69, 9.17) is 9.47 Å². The Hall–Kier alpha value is -1.80. The minimum Gasteiger partial charge on any atom is -0.394 e. The second-order valence-corrected chi connectivity index (χ2v) is 7.56. The summed E-state index contributed by atoms with van der Waals surface area (Å²) < 4.78 is 11.6. The highest BCUT2D eigenvalue weighted by molar-refractivity contribution is 5.41. The van der Waals surface area contributed by atoms with E-state index in [1.54, 1.807) is 0 Å². The Morgan fingerprint density at radius 1 is 0.964 bits per heavy atom. The van der Waals surface area contributed by atoms with Gasteiger partial charge >= 0.3 is 0 Å². The van der Waals surface area contributed by atoms with Crippen molar-refractivity contribution in [2.75, 3.05) is 6.61 Å². The van der Waals surface area contributed by atoms with Gasteiger partial charge < -0.3 is 29.9 Å². The standard InChI is InChI=1S/C22H26O6/c1-2-13-3-5-14(6-4-13)9-15-7-8-16-12-27-22(17(16)10-15)21(26)20(25)19(24)18(11-23)28-22/h3-8,10,18-21,23-26H,2,9,11-12H2,1H3/t18-,19-,20+,21+,22+/m1/s1. The van der Waals surface area contributed by atoms with Crippen molar-refractivity contribution in [2.24, 2.45) is 0 Å². The molecule has 0 radical (unpaired) electrons. The highest BCUT2D eigenvalue weighted by Crippen LogP contribution is 2.46. The molecule has 0 saturated carbocycles. The third-order valence-corrected chi connectivity index (χ3v) is 5.78. The number of aryl methyl sites for hydroxylation is 1. The van der Waals surface area contributed by atoms with Gasteiger partial charge in [-0.15, -0.1) is 0 Å². The van der Waals surface area contributed by atoms with Gasteiger partial charge in [0, 0.05) is 5.56 Å². The van der Waals surface area contributed by atoms with Gasteiger partial charge in [-0.25, -0.2) is 0 Å². The molecule has 0 aromatic heterocycles. The van der Waals surface area contributed by atoms with Crippen molar-refractivity contribution in [3.63, 3.8) is 0 Å². The SMILES string of the molecule is CCc1ccc(Cc2ccc3c(c2)[C@]2(OC3)O[C@H](CO)[C@@H](O)[C@H](O)[C@@H]2O)cc1. The van der Waals surface area contributed by atoms with Gasteiger partial charge in [-0.2, -0.15) is 0 Å². The second-order valence-electron chi connectivity index (χ2n) is 7.56. The van der Waals surface area contributed by atoms with E-state index in [0.29, 0.717) is 12.0 Å². The monoisotopic (exact) mass is 386 g/mol. The summed E-state index contributed by atoms with van der Waals surface area (Å²) in [7, 11) is 0. The number of hydrogen-bond donors (Lipinski definition) is 4. The number of ether oxygens (including phenoxy) is 2. The first-order valence-corrected chi connectivity index (χ1v) is 9.65. The molecule has 4 N–H and O–H groups in total. The van der Waals surface area contributed by atoms with E-state index in [1.165, 1.54) is 11.1 Å². The molecule has 1 saturated heterocycles. The van der Waals surface area contributed by atoms with E-state index in [9.17, 15) is 20.4 Å². The summed E-state index contributed by atoms with van der Waals surface area (Å²) in [5.74, 6) is -1.59. The molecule has 6 heteroatoms. The summed E-state index contributed by atoms with van der Waals surface area (Å²) in [5.41, 5.74) is 4.95. The first kappa shape index (κ1) is 19.5. The summed E-state index contributed by atoms with van der Waals surface area (Å²) in [6.07, 6.45) is -3.69. The van der Waals surface area contributed by atoms with E-state index in [0.717, 1.165) is 17.5 Å². The van der Waals surface area contributed by atoms with Crippen molar-refractivity contribution in [2.45, 2.75) is 56.6 Å². The Balaban J connectivity index is 1.66. The van der Waals surface area contributed by atoms with Gasteiger partial charge in [0.1, 0.15) is 24.4 Å². The summed E-state index contributed by atoms with van der Waals surface area (Å²) in [6, 6.07) is 14.3. The number of benzene rings is 2. The number of aliphatic hydroxyl groups excluding tert-OH is 4. The van der Waals surface area contributed by atoms with Crippen LogP contribution in [0.4, 0.5) is 0 Å². The fourth-order valence-electron chi connectivity index (χ4n) is 4.06. The average molecular weight is 386 g/mol. The maximum Gasteiger partial charge on any atom is 0.225 e. The van der Waals surface area contributed by atoms with Gasteiger partial charge in [0.25, 0.3) is 0 Å². The fourth-order valence-corrected chi connectivity index (χ4v) is 4.06. The van der Waals surface area contributed by atoms with Gasteiger partial charge in [0.15, 0.2) is 0 Å². The fraction of sp³-hybridized carbons (Fsp3) is 0.455. The zero-order valence-electron chi connectivity index (χ0n) is 15.8. The number of fused-ring (bicyclic) bond motifs is 2. The quantitative estimate of drug-likeness (QED) is 0.626. The molecule has 150 valence electrons. The maximum atomic E-state index is 10.7. The minimum atomic E-state index is -1.59. The highest BCUT2D eigenvalue weighted by atomic mass is 16.7. The van der Waals surface area contributed by atoms with Crippen LogP contribution in [-0.4, -0.2) is 51.4 Å². The Bertz CT molecular complexity index is 833. The van der Waals surface area contributed by atoms with Crippen LogP contribution in [0.15, 0.2) is 42.5 Å². The van der Waals surface area contributed by atoms with E-state index in [1.807, 2.05) is 18.2 Å². The van der Waals surface area contributed by atoms with E-state index >= 15 is 0 Å². The number of hydrogen-bond acceptors (Lipinski definition) is 6. The summed E-state index contributed by atoms with van der Waals surface area (Å²) in [4.78, 5) is 0. The molecule has 2 aromatic rings. The van der Waals surface area contributed by atoms with Crippen molar-refractivity contribution < 1.29 is 29.9 Å². The molecule has 2 aliphatic rings. The maximum absolute atomic E-state index is 10.7. The molecule has 6 nitrogen and oxygen atoms in total. The molecule has 1 fully saturated rings. The van der Waals surface area contributed by atoms with Gasteiger partial charge in [0.2, 0.25) is 5.79 Å². The normalized spacial score (nSPS) is 31.9. The predicted octanol–water partition coefficient (Wildman–Crippen LogP) is 0.997. The Morgan fingerprint density at radius 3 is 2.32 bits per heavy atom. The Morgan fingerprint density at radius 2 is 1.64 bits per heavy atom. The zero-order chi connectivity index (χ0) is 19.9. The third kappa shape index (κ3) is 3.16. The van der Waals surface area contributed by atoms with Crippen LogP contribution in [0.1, 0.15) is 34.7 Å². The molecule has 2 heterocycles. The lowest BCUT2D eigenvalue weighted by atomic mass is 9.86. The van der Waals surface area contributed by atoms with Crippen molar-refractivity contribution >= 4 is 0 Å². The molecular weight excluding hydrogens is 360 g/mol. The predicted molar refractivity (Wildman–Crippen MR) is 102 cm³/mol. The highest BCUT2D eigenvalue weighted by Gasteiger charge is 2.58. The smallest absolute Gasteiger partial charge is 0.225 e. The van der Waals surface area contributed by atoms with Crippen LogP contribution in [-0.2, 0) is 34.7 Å². The molecule has 28 heavy (non-hydrogen) atoms. The third-order valence-electron chi connectivity index (χ3n) is 5.78. The number of rotatable bonds is 4. The topological polar surface area (TPSA) is 99.4 Å².